The lowest BCUT2D eigenvalue weighted by molar-refractivity contribution is 0.0693. The van der Waals surface area contributed by atoms with Gasteiger partial charge in [-0.05, 0) is 42.3 Å². The molecule has 0 spiro atoms. The van der Waals surface area contributed by atoms with Crippen LogP contribution in [0, 0.1) is 0 Å². The van der Waals surface area contributed by atoms with Gasteiger partial charge < -0.3 is 30.9 Å². The Labute approximate surface area is 163 Å². The van der Waals surface area contributed by atoms with Crippen molar-refractivity contribution in [1.29, 1.82) is 0 Å². The largest absolute Gasteiger partial charge is 0.507 e. The van der Waals surface area contributed by atoms with Gasteiger partial charge in [0, 0.05) is 12.1 Å². The zero-order valence-electron chi connectivity index (χ0n) is 15.4. The molecule has 8 nitrogen and oxygen atoms in total. The second kappa shape index (κ2) is 9.89. The van der Waals surface area contributed by atoms with Gasteiger partial charge in [0.15, 0.2) is 0 Å². The van der Waals surface area contributed by atoms with E-state index >= 15 is 0 Å². The number of aromatic carboxylic acids is 1. The van der Waals surface area contributed by atoms with Crippen LogP contribution < -0.4 is 10.6 Å². The van der Waals surface area contributed by atoms with E-state index < -0.39 is 30.7 Å². The number of amides is 1. The molecular formula is C19H23BN2O6. The first-order chi connectivity index (χ1) is 13.3. The first-order valence-electron chi connectivity index (χ1n) is 8.84. The fourth-order valence-electron chi connectivity index (χ4n) is 2.69. The molecule has 0 fully saturated rings. The van der Waals surface area contributed by atoms with Gasteiger partial charge in [0.1, 0.15) is 11.3 Å². The highest BCUT2D eigenvalue weighted by Gasteiger charge is 2.28. The van der Waals surface area contributed by atoms with E-state index in [0.29, 0.717) is 12.1 Å². The molecule has 9 heteroatoms. The Morgan fingerprint density at radius 2 is 1.79 bits per heavy atom. The maximum Gasteiger partial charge on any atom is 0.475 e. The van der Waals surface area contributed by atoms with E-state index in [4.69, 9.17) is 5.11 Å². The van der Waals surface area contributed by atoms with Gasteiger partial charge >= 0.3 is 13.1 Å². The normalized spacial score (nSPS) is 11.7. The fourth-order valence-corrected chi connectivity index (χ4v) is 2.69. The van der Waals surface area contributed by atoms with E-state index in [2.05, 4.69) is 10.6 Å². The molecule has 6 N–H and O–H groups in total. The lowest BCUT2D eigenvalue weighted by Gasteiger charge is -2.19. The average molecular weight is 386 g/mol. The van der Waals surface area contributed by atoms with Crippen molar-refractivity contribution >= 4 is 19.0 Å². The minimum absolute atomic E-state index is 0.158. The van der Waals surface area contributed by atoms with Crippen LogP contribution >= 0.6 is 0 Å². The van der Waals surface area contributed by atoms with E-state index in [1.165, 1.54) is 18.2 Å². The second-order valence-corrected chi connectivity index (χ2v) is 6.29. The average Bonchev–Trinajstić information content (AvgIpc) is 2.67. The Kier molecular flexibility index (Phi) is 7.56. The van der Waals surface area contributed by atoms with E-state index in [0.717, 1.165) is 12.1 Å². The van der Waals surface area contributed by atoms with Gasteiger partial charge in [-0.2, -0.15) is 0 Å². The molecule has 0 saturated carbocycles. The van der Waals surface area contributed by atoms with Crippen molar-refractivity contribution in [2.75, 3.05) is 6.54 Å². The highest BCUT2D eigenvalue weighted by atomic mass is 16.4. The Balaban J connectivity index is 2.12. The number of phenols is 1. The first-order valence-corrected chi connectivity index (χ1v) is 8.84. The van der Waals surface area contributed by atoms with Crippen LogP contribution in [0.5, 0.6) is 5.75 Å². The minimum atomic E-state index is -1.90. The molecule has 0 aliphatic carbocycles. The summed E-state index contributed by atoms with van der Waals surface area (Å²) in [4.78, 5) is 23.5. The number of nitrogens with one attached hydrogen (secondary N) is 2. The van der Waals surface area contributed by atoms with Gasteiger partial charge in [-0.15, -0.1) is 0 Å². The predicted octanol–water partition coefficient (Wildman–Crippen LogP) is 0.553. The van der Waals surface area contributed by atoms with Crippen LogP contribution in [-0.4, -0.2) is 51.7 Å². The van der Waals surface area contributed by atoms with Crippen LogP contribution in [0.3, 0.4) is 0 Å². The summed E-state index contributed by atoms with van der Waals surface area (Å²) in [5.41, 5.74) is 1.23. The van der Waals surface area contributed by atoms with E-state index in [1.807, 2.05) is 6.92 Å². The number of carboxylic acid groups (broad SMARTS) is 1. The van der Waals surface area contributed by atoms with Crippen LogP contribution in [0.1, 0.15) is 38.8 Å². The van der Waals surface area contributed by atoms with Crippen molar-refractivity contribution < 1.29 is 29.9 Å². The Bertz CT molecular complexity index is 826. The molecule has 0 radical (unpaired) electrons. The molecule has 0 saturated heterocycles. The summed E-state index contributed by atoms with van der Waals surface area (Å²) >= 11 is 0. The van der Waals surface area contributed by atoms with Gasteiger partial charge in [0.25, 0.3) is 5.91 Å². The highest BCUT2D eigenvalue weighted by Crippen LogP contribution is 2.24. The number of para-hydroxylation sites is 1. The van der Waals surface area contributed by atoms with Gasteiger partial charge in [0.2, 0.25) is 0 Å². The third-order valence-electron chi connectivity index (χ3n) is 4.26. The Hall–Kier alpha value is -2.88. The van der Waals surface area contributed by atoms with Crippen molar-refractivity contribution in [2.24, 2.45) is 0 Å². The summed E-state index contributed by atoms with van der Waals surface area (Å²) in [6.45, 7) is 3.50. The van der Waals surface area contributed by atoms with Gasteiger partial charge in [-0.3, -0.25) is 4.79 Å². The lowest BCUT2D eigenvalue weighted by atomic mass is 9.75. The molecule has 1 atom stereocenters. The standard InChI is InChI=1S/C19H23BN2O6/c1-2-21-11-12-6-8-13(9-7-12)18(24)22-16(20(27)28)10-14-4-3-5-15(17(14)23)19(25)26/h3-9,16,21,23,27-28H,2,10-11H2,1H3,(H,22,24)(H,25,26)/t16-/m0/s1. The van der Waals surface area contributed by atoms with Crippen LogP contribution in [-0.2, 0) is 13.0 Å². The monoisotopic (exact) mass is 386 g/mol. The van der Waals surface area contributed by atoms with Gasteiger partial charge in [0.05, 0.1) is 5.94 Å². The quantitative estimate of drug-likeness (QED) is 0.346. The number of aromatic hydroxyl groups is 1. The molecule has 0 aromatic heterocycles. The zero-order valence-corrected chi connectivity index (χ0v) is 15.4. The van der Waals surface area contributed by atoms with E-state index in [1.54, 1.807) is 24.3 Å². The summed E-state index contributed by atoms with van der Waals surface area (Å²) in [5, 5.41) is 44.1. The number of carboxylic acids is 1. The summed E-state index contributed by atoms with van der Waals surface area (Å²) in [5.74, 6) is -3.42. The molecule has 0 unspecified atom stereocenters. The second-order valence-electron chi connectivity index (χ2n) is 6.29. The number of rotatable bonds is 9. The lowest BCUT2D eigenvalue weighted by Crippen LogP contribution is -2.47. The minimum Gasteiger partial charge on any atom is -0.507 e. The summed E-state index contributed by atoms with van der Waals surface area (Å²) in [6.07, 6.45) is -0.158. The van der Waals surface area contributed by atoms with Crippen LogP contribution in [0.25, 0.3) is 0 Å². The van der Waals surface area contributed by atoms with Crippen molar-refractivity contribution in [1.82, 2.24) is 10.6 Å². The molecule has 2 aromatic rings. The molecular weight excluding hydrogens is 363 g/mol. The van der Waals surface area contributed by atoms with Crippen LogP contribution in [0.4, 0.5) is 0 Å². The number of carbonyl (C=O) groups excluding carboxylic acids is 1. The van der Waals surface area contributed by atoms with Crippen LogP contribution in [0.15, 0.2) is 42.5 Å². The molecule has 2 aromatic carbocycles. The number of hydrogen-bond donors (Lipinski definition) is 6. The number of carbonyl (C=O) groups is 2. The van der Waals surface area contributed by atoms with E-state index in [9.17, 15) is 24.7 Å². The number of hydrogen-bond acceptors (Lipinski definition) is 6. The van der Waals surface area contributed by atoms with Gasteiger partial charge in [-0.1, -0.05) is 31.2 Å². The molecule has 0 aliphatic rings. The number of benzene rings is 2. The molecule has 0 bridgehead atoms. The smallest absolute Gasteiger partial charge is 0.475 e. The maximum absolute atomic E-state index is 12.4. The zero-order chi connectivity index (χ0) is 20.7. The Morgan fingerprint density at radius 1 is 1.11 bits per heavy atom. The van der Waals surface area contributed by atoms with Gasteiger partial charge in [-0.25, -0.2) is 4.79 Å². The van der Waals surface area contributed by atoms with E-state index in [-0.39, 0.29) is 17.5 Å². The molecule has 0 aliphatic heterocycles. The van der Waals surface area contributed by atoms with Crippen LogP contribution in [0.2, 0.25) is 0 Å². The molecule has 2 rings (SSSR count). The van der Waals surface area contributed by atoms with Crippen molar-refractivity contribution in [3.63, 3.8) is 0 Å². The summed E-state index contributed by atoms with van der Waals surface area (Å²) in [7, 11) is -1.90. The predicted molar refractivity (Wildman–Crippen MR) is 104 cm³/mol. The molecule has 1 amide bonds. The SMILES string of the molecule is CCNCc1ccc(C(=O)N[C@@H](Cc2cccc(C(=O)O)c2O)B(O)O)cc1. The highest BCUT2D eigenvalue weighted by molar-refractivity contribution is 6.43. The molecule has 148 valence electrons. The third-order valence-corrected chi connectivity index (χ3v) is 4.26. The fraction of sp³-hybridized carbons (Fsp3) is 0.263. The maximum atomic E-state index is 12.4. The topological polar surface area (TPSA) is 139 Å². The summed E-state index contributed by atoms with van der Waals surface area (Å²) in [6, 6.07) is 11.0. The van der Waals surface area contributed by atoms with Crippen molar-refractivity contribution in [3.8, 4) is 5.75 Å². The van der Waals surface area contributed by atoms with Crippen molar-refractivity contribution in [3.05, 3.63) is 64.7 Å². The molecule has 28 heavy (non-hydrogen) atoms. The Morgan fingerprint density at radius 3 is 2.36 bits per heavy atom. The first kappa shape index (κ1) is 21.4. The third kappa shape index (κ3) is 5.56. The summed E-state index contributed by atoms with van der Waals surface area (Å²) < 4.78 is 0. The van der Waals surface area contributed by atoms with Crippen molar-refractivity contribution in [2.45, 2.75) is 25.8 Å². The molecule has 0 heterocycles.